The Bertz CT molecular complexity index is 1070. The van der Waals surface area contributed by atoms with E-state index in [0.29, 0.717) is 11.3 Å². The lowest BCUT2D eigenvalue weighted by molar-refractivity contribution is -0.144. The molecule has 1 atom stereocenters. The van der Waals surface area contributed by atoms with Gasteiger partial charge in [0.05, 0.1) is 7.11 Å². The summed E-state index contributed by atoms with van der Waals surface area (Å²) in [6, 6.07) is 21.8. The molecule has 2 amide bonds. The van der Waals surface area contributed by atoms with Gasteiger partial charge in [0.2, 0.25) is 11.8 Å². The molecule has 5 nitrogen and oxygen atoms in total. The summed E-state index contributed by atoms with van der Waals surface area (Å²) in [5.74, 6) is -0.465. The van der Waals surface area contributed by atoms with Crippen molar-refractivity contribution in [2.75, 3.05) is 7.11 Å². The molecule has 0 heterocycles. The highest BCUT2D eigenvalue weighted by Gasteiger charge is 2.32. The van der Waals surface area contributed by atoms with Crippen LogP contribution in [-0.4, -0.2) is 23.8 Å². The Morgan fingerprint density at radius 1 is 0.939 bits per heavy atom. The minimum absolute atomic E-state index is 0.166. The van der Waals surface area contributed by atoms with Crippen LogP contribution in [0.3, 0.4) is 0 Å². The van der Waals surface area contributed by atoms with Crippen molar-refractivity contribution < 1.29 is 18.7 Å². The van der Waals surface area contributed by atoms with Crippen molar-refractivity contribution in [3.8, 4) is 5.75 Å². The predicted molar refractivity (Wildman–Crippen MR) is 126 cm³/mol. The van der Waals surface area contributed by atoms with Crippen LogP contribution in [0.25, 0.3) is 0 Å². The highest BCUT2D eigenvalue weighted by Crippen LogP contribution is 2.26. The van der Waals surface area contributed by atoms with Crippen molar-refractivity contribution in [3.05, 3.63) is 101 Å². The van der Waals surface area contributed by atoms with Crippen LogP contribution in [0.1, 0.15) is 36.6 Å². The van der Waals surface area contributed by atoms with E-state index < -0.39 is 6.04 Å². The topological polar surface area (TPSA) is 58.6 Å². The maximum atomic E-state index is 13.5. The Balaban J connectivity index is 1.94. The molecule has 0 aliphatic rings. The van der Waals surface area contributed by atoms with Gasteiger partial charge in [0.15, 0.2) is 0 Å². The van der Waals surface area contributed by atoms with Crippen LogP contribution in [0.15, 0.2) is 78.9 Å². The van der Waals surface area contributed by atoms with Crippen LogP contribution in [0.2, 0.25) is 0 Å². The second kappa shape index (κ2) is 11.3. The van der Waals surface area contributed by atoms with Gasteiger partial charge >= 0.3 is 0 Å². The van der Waals surface area contributed by atoms with E-state index in [4.69, 9.17) is 4.74 Å². The molecule has 3 rings (SSSR count). The monoisotopic (exact) mass is 448 g/mol. The standard InChI is InChI=1S/C27H29FN2O3/c1-19(2)27(32)30(18-20-13-15-23(28)16-14-20)25(21-9-5-4-6-10-21)26(31)29-17-22-11-7-8-12-24(22)33-3/h4-16,19,25H,17-18H2,1-3H3,(H,29,31)/t25-/m0/s1. The number of amides is 2. The lowest BCUT2D eigenvalue weighted by Crippen LogP contribution is -2.44. The van der Waals surface area contributed by atoms with Crippen molar-refractivity contribution in [3.63, 3.8) is 0 Å². The second-order valence-electron chi connectivity index (χ2n) is 8.09. The molecule has 1 N–H and O–H groups in total. The van der Waals surface area contributed by atoms with Crippen LogP contribution < -0.4 is 10.1 Å². The summed E-state index contributed by atoms with van der Waals surface area (Å²) in [6.45, 7) is 4.04. The van der Waals surface area contributed by atoms with Crippen LogP contribution in [0.5, 0.6) is 5.75 Å². The van der Waals surface area contributed by atoms with Crippen molar-refractivity contribution >= 4 is 11.8 Å². The zero-order valence-electron chi connectivity index (χ0n) is 19.1. The average Bonchev–Trinajstić information content (AvgIpc) is 2.83. The first-order valence-corrected chi connectivity index (χ1v) is 10.9. The van der Waals surface area contributed by atoms with Crippen molar-refractivity contribution in [1.82, 2.24) is 10.2 Å². The van der Waals surface area contributed by atoms with E-state index >= 15 is 0 Å². The van der Waals surface area contributed by atoms with Crippen molar-refractivity contribution in [1.29, 1.82) is 0 Å². The van der Waals surface area contributed by atoms with E-state index in [1.54, 1.807) is 38.0 Å². The first kappa shape index (κ1) is 24.0. The summed E-state index contributed by atoms with van der Waals surface area (Å²) in [5.41, 5.74) is 2.27. The van der Waals surface area contributed by atoms with Gasteiger partial charge in [-0.1, -0.05) is 74.5 Å². The van der Waals surface area contributed by atoms with Crippen molar-refractivity contribution in [2.24, 2.45) is 5.92 Å². The predicted octanol–water partition coefficient (Wildman–Crippen LogP) is 4.88. The number of rotatable bonds is 9. The number of nitrogens with one attached hydrogen (secondary N) is 1. The molecule has 0 unspecified atom stereocenters. The average molecular weight is 449 g/mol. The van der Waals surface area contributed by atoms with Crippen LogP contribution >= 0.6 is 0 Å². The first-order valence-electron chi connectivity index (χ1n) is 10.9. The van der Waals surface area contributed by atoms with Crippen LogP contribution in [0, 0.1) is 11.7 Å². The summed E-state index contributed by atoms with van der Waals surface area (Å²) >= 11 is 0. The van der Waals surface area contributed by atoms with E-state index in [1.165, 1.54) is 12.1 Å². The minimum atomic E-state index is -0.846. The molecule has 0 fully saturated rings. The molecule has 6 heteroatoms. The Hall–Kier alpha value is -3.67. The van der Waals surface area contributed by atoms with Gasteiger partial charge in [-0.2, -0.15) is 0 Å². The number of para-hydroxylation sites is 1. The number of halogens is 1. The quantitative estimate of drug-likeness (QED) is 0.508. The lowest BCUT2D eigenvalue weighted by Gasteiger charge is -2.33. The van der Waals surface area contributed by atoms with Crippen molar-refractivity contribution in [2.45, 2.75) is 33.0 Å². The number of hydrogen-bond acceptors (Lipinski definition) is 3. The van der Waals surface area contributed by atoms with E-state index in [9.17, 15) is 14.0 Å². The van der Waals surface area contributed by atoms with Crippen LogP contribution in [-0.2, 0) is 22.7 Å². The third-order valence-electron chi connectivity index (χ3n) is 5.36. The summed E-state index contributed by atoms with van der Waals surface area (Å²) in [6.07, 6.45) is 0. The van der Waals surface area contributed by atoms with Gasteiger partial charge in [-0.05, 0) is 29.3 Å². The Labute approximate surface area is 194 Å². The van der Waals surface area contributed by atoms with Gasteiger partial charge in [0, 0.05) is 24.6 Å². The van der Waals surface area contributed by atoms with Gasteiger partial charge in [-0.3, -0.25) is 9.59 Å². The maximum Gasteiger partial charge on any atom is 0.247 e. The smallest absolute Gasteiger partial charge is 0.247 e. The highest BCUT2D eigenvalue weighted by molar-refractivity contribution is 5.89. The molecule has 0 radical (unpaired) electrons. The lowest BCUT2D eigenvalue weighted by atomic mass is 10.0. The summed E-state index contributed by atoms with van der Waals surface area (Å²) < 4.78 is 18.8. The summed E-state index contributed by atoms with van der Waals surface area (Å²) in [5, 5.41) is 2.97. The molecule has 0 saturated heterocycles. The zero-order valence-corrected chi connectivity index (χ0v) is 19.1. The second-order valence-corrected chi connectivity index (χ2v) is 8.09. The van der Waals surface area contributed by atoms with Gasteiger partial charge in [-0.25, -0.2) is 4.39 Å². The first-order chi connectivity index (χ1) is 15.9. The number of carbonyl (C=O) groups is 2. The fourth-order valence-corrected chi connectivity index (χ4v) is 3.65. The molecule has 0 aliphatic heterocycles. The van der Waals surface area contributed by atoms with Crippen LogP contribution in [0.4, 0.5) is 4.39 Å². The highest BCUT2D eigenvalue weighted by atomic mass is 19.1. The molecule has 33 heavy (non-hydrogen) atoms. The normalized spacial score (nSPS) is 11.7. The van der Waals surface area contributed by atoms with Gasteiger partial charge in [-0.15, -0.1) is 0 Å². The number of nitrogens with zero attached hydrogens (tertiary/aromatic N) is 1. The fourth-order valence-electron chi connectivity index (χ4n) is 3.65. The molecule has 0 bridgehead atoms. The Morgan fingerprint density at radius 3 is 2.21 bits per heavy atom. The van der Waals surface area contributed by atoms with Gasteiger partial charge in [0.1, 0.15) is 17.6 Å². The van der Waals surface area contributed by atoms with E-state index in [1.807, 2.05) is 54.6 Å². The number of ether oxygens (including phenoxy) is 1. The number of carbonyl (C=O) groups excluding carboxylic acids is 2. The van der Waals surface area contributed by atoms with E-state index in [-0.39, 0.29) is 36.6 Å². The summed E-state index contributed by atoms with van der Waals surface area (Å²) in [4.78, 5) is 28.3. The van der Waals surface area contributed by atoms with E-state index in [2.05, 4.69) is 5.32 Å². The Kier molecular flexibility index (Phi) is 8.19. The summed E-state index contributed by atoms with van der Waals surface area (Å²) in [7, 11) is 1.58. The number of methoxy groups -OCH3 is 1. The van der Waals surface area contributed by atoms with Gasteiger partial charge in [0.25, 0.3) is 0 Å². The fraction of sp³-hybridized carbons (Fsp3) is 0.259. The molecular weight excluding hydrogens is 419 g/mol. The molecule has 0 aliphatic carbocycles. The molecule has 3 aromatic carbocycles. The minimum Gasteiger partial charge on any atom is -0.496 e. The van der Waals surface area contributed by atoms with Gasteiger partial charge < -0.3 is 15.0 Å². The zero-order chi connectivity index (χ0) is 23.8. The molecule has 0 aromatic heterocycles. The number of benzene rings is 3. The SMILES string of the molecule is COc1ccccc1CNC(=O)[C@H](c1ccccc1)N(Cc1ccc(F)cc1)C(=O)C(C)C. The third kappa shape index (κ3) is 6.19. The third-order valence-corrected chi connectivity index (χ3v) is 5.36. The molecule has 172 valence electrons. The molecule has 3 aromatic rings. The number of hydrogen-bond donors (Lipinski definition) is 1. The van der Waals surface area contributed by atoms with E-state index in [0.717, 1.165) is 11.1 Å². The Morgan fingerprint density at radius 2 is 1.58 bits per heavy atom. The maximum absolute atomic E-state index is 13.5. The largest absolute Gasteiger partial charge is 0.496 e. The molecule has 0 spiro atoms. The molecular formula is C27H29FN2O3. The molecule has 0 saturated carbocycles.